The molecule has 1 rings (SSSR count). The third kappa shape index (κ3) is 5.68. The highest BCUT2D eigenvalue weighted by molar-refractivity contribution is 5.94. The van der Waals surface area contributed by atoms with Gasteiger partial charge in [0.05, 0.1) is 25.4 Å². The Balaban J connectivity index is 2.30. The van der Waals surface area contributed by atoms with Gasteiger partial charge in [-0.15, -0.1) is 0 Å². The van der Waals surface area contributed by atoms with Crippen molar-refractivity contribution in [2.75, 3.05) is 26.7 Å². The van der Waals surface area contributed by atoms with Crippen LogP contribution in [0.4, 0.5) is 0 Å². The molecule has 0 fully saturated rings. The van der Waals surface area contributed by atoms with Gasteiger partial charge in [0, 0.05) is 26.1 Å². The van der Waals surface area contributed by atoms with E-state index in [0.717, 1.165) is 0 Å². The Bertz CT molecular complexity index is 470. The summed E-state index contributed by atoms with van der Waals surface area (Å²) in [5.74, 6) is -0.752. The number of ether oxygens (including phenoxy) is 1. The van der Waals surface area contributed by atoms with E-state index in [1.54, 1.807) is 11.0 Å². The highest BCUT2D eigenvalue weighted by Gasteiger charge is 2.14. The molecule has 0 aromatic carbocycles. The number of rotatable bonds is 8. The van der Waals surface area contributed by atoms with Gasteiger partial charge in [-0.05, 0) is 13.0 Å². The van der Waals surface area contributed by atoms with Crippen LogP contribution >= 0.6 is 0 Å². The van der Waals surface area contributed by atoms with Gasteiger partial charge < -0.3 is 19.4 Å². The van der Waals surface area contributed by atoms with Crippen molar-refractivity contribution in [1.29, 1.82) is 0 Å². The lowest BCUT2D eigenvalue weighted by molar-refractivity contribution is -0.141. The minimum atomic E-state index is -0.352. The summed E-state index contributed by atoms with van der Waals surface area (Å²) in [6.07, 6.45) is 3.09. The first kappa shape index (κ1) is 16.7. The summed E-state index contributed by atoms with van der Waals surface area (Å²) < 4.78 is 9.34. The maximum Gasteiger partial charge on any atom is 0.307 e. The first-order valence-corrected chi connectivity index (χ1v) is 6.73. The molecule has 1 N–H and O–H groups in total. The predicted octanol–water partition coefficient (Wildman–Crippen LogP) is 0.811. The highest BCUT2D eigenvalue weighted by Crippen LogP contribution is 2.00. The van der Waals surface area contributed by atoms with Crippen molar-refractivity contribution < 1.29 is 23.5 Å². The van der Waals surface area contributed by atoms with E-state index in [0.29, 0.717) is 18.7 Å². The van der Waals surface area contributed by atoms with E-state index in [1.165, 1.54) is 19.6 Å². The number of methoxy groups -OCH3 is 1. The Kier molecular flexibility index (Phi) is 7.00. The number of nitrogens with one attached hydrogen (secondary N) is 1. The van der Waals surface area contributed by atoms with Crippen LogP contribution in [0.25, 0.3) is 0 Å². The molecule has 1 aromatic rings. The zero-order valence-electron chi connectivity index (χ0n) is 12.3. The van der Waals surface area contributed by atoms with Gasteiger partial charge in [-0.3, -0.25) is 14.4 Å². The average molecular weight is 296 g/mol. The van der Waals surface area contributed by atoms with Crippen molar-refractivity contribution in [2.45, 2.75) is 19.8 Å². The lowest BCUT2D eigenvalue weighted by Crippen LogP contribution is -2.35. The van der Waals surface area contributed by atoms with Crippen LogP contribution in [0.3, 0.4) is 0 Å². The Hall–Kier alpha value is -2.31. The van der Waals surface area contributed by atoms with Gasteiger partial charge in [-0.25, -0.2) is 0 Å². The second-order valence-corrected chi connectivity index (χ2v) is 4.32. The van der Waals surface area contributed by atoms with Crippen LogP contribution in [0, 0.1) is 0 Å². The average Bonchev–Trinajstić information content (AvgIpc) is 3.01. The molecule has 0 saturated carbocycles. The van der Waals surface area contributed by atoms with Crippen molar-refractivity contribution in [3.8, 4) is 0 Å². The normalized spacial score (nSPS) is 10.0. The van der Waals surface area contributed by atoms with E-state index in [2.05, 4.69) is 10.1 Å². The summed E-state index contributed by atoms with van der Waals surface area (Å²) in [4.78, 5) is 36.2. The lowest BCUT2D eigenvalue weighted by atomic mass is 10.3. The molecule has 2 amide bonds. The number of hydrogen-bond donors (Lipinski definition) is 1. The number of hydrogen-bond acceptors (Lipinski definition) is 5. The summed E-state index contributed by atoms with van der Waals surface area (Å²) in [5, 5.41) is 2.63. The summed E-state index contributed by atoms with van der Waals surface area (Å²) in [6.45, 7) is 2.89. The Morgan fingerprint density at radius 2 is 2.10 bits per heavy atom. The zero-order valence-corrected chi connectivity index (χ0v) is 12.3. The summed E-state index contributed by atoms with van der Waals surface area (Å²) in [6, 6.07) is 1.55. The van der Waals surface area contributed by atoms with Gasteiger partial charge in [0.15, 0.2) is 0 Å². The molecule has 0 atom stereocenters. The number of furan rings is 1. The molecule has 0 spiro atoms. The summed E-state index contributed by atoms with van der Waals surface area (Å²) in [5.41, 5.74) is 0.417. The molecule has 1 aromatic heterocycles. The van der Waals surface area contributed by atoms with Gasteiger partial charge in [0.25, 0.3) is 5.91 Å². The molecule has 0 aliphatic heterocycles. The fourth-order valence-corrected chi connectivity index (χ4v) is 1.72. The van der Waals surface area contributed by atoms with Crippen molar-refractivity contribution in [3.05, 3.63) is 24.2 Å². The maximum absolute atomic E-state index is 11.9. The Morgan fingerprint density at radius 3 is 2.67 bits per heavy atom. The largest absolute Gasteiger partial charge is 0.472 e. The number of carbonyl (C=O) groups is 3. The van der Waals surface area contributed by atoms with Crippen molar-refractivity contribution >= 4 is 17.8 Å². The number of amides is 2. The minimum Gasteiger partial charge on any atom is -0.472 e. The maximum atomic E-state index is 11.9. The molecule has 0 radical (unpaired) electrons. The predicted molar refractivity (Wildman–Crippen MR) is 74.5 cm³/mol. The second-order valence-electron chi connectivity index (χ2n) is 4.32. The monoisotopic (exact) mass is 296 g/mol. The zero-order chi connectivity index (χ0) is 15.7. The molecular weight excluding hydrogens is 276 g/mol. The number of carbonyl (C=O) groups excluding carboxylic acids is 3. The number of nitrogens with zero attached hydrogens (tertiary/aromatic N) is 1. The molecule has 0 aliphatic rings. The molecule has 7 nitrogen and oxygen atoms in total. The minimum absolute atomic E-state index is 0.117. The van der Waals surface area contributed by atoms with E-state index in [1.807, 2.05) is 6.92 Å². The van der Waals surface area contributed by atoms with Crippen LogP contribution in [0.15, 0.2) is 23.0 Å². The van der Waals surface area contributed by atoms with Crippen molar-refractivity contribution in [3.63, 3.8) is 0 Å². The quantitative estimate of drug-likeness (QED) is 0.717. The first-order chi connectivity index (χ1) is 10.1. The van der Waals surface area contributed by atoms with Crippen LogP contribution in [0.1, 0.15) is 30.1 Å². The third-order valence-corrected chi connectivity index (χ3v) is 2.96. The van der Waals surface area contributed by atoms with Crippen LogP contribution in [0.5, 0.6) is 0 Å². The van der Waals surface area contributed by atoms with Gasteiger partial charge >= 0.3 is 5.97 Å². The van der Waals surface area contributed by atoms with E-state index >= 15 is 0 Å². The molecule has 116 valence electrons. The van der Waals surface area contributed by atoms with Crippen LogP contribution in [-0.2, 0) is 14.3 Å². The molecule has 7 heteroatoms. The fourth-order valence-electron chi connectivity index (χ4n) is 1.72. The fraction of sp³-hybridized carbons (Fsp3) is 0.500. The third-order valence-electron chi connectivity index (χ3n) is 2.96. The Morgan fingerprint density at radius 1 is 1.33 bits per heavy atom. The first-order valence-electron chi connectivity index (χ1n) is 6.73. The smallest absolute Gasteiger partial charge is 0.307 e. The van der Waals surface area contributed by atoms with Crippen LogP contribution in [-0.4, -0.2) is 49.4 Å². The van der Waals surface area contributed by atoms with Crippen molar-refractivity contribution in [2.24, 2.45) is 0 Å². The van der Waals surface area contributed by atoms with Crippen molar-refractivity contribution in [1.82, 2.24) is 10.2 Å². The lowest BCUT2D eigenvalue weighted by Gasteiger charge is -2.20. The standard InChI is InChI=1S/C14H20N2O5/c1-3-16(8-5-13(18)20-2)12(17)4-7-15-14(19)11-6-9-21-10-11/h6,9-10H,3-5,7-8H2,1-2H3,(H,15,19). The van der Waals surface area contributed by atoms with E-state index in [9.17, 15) is 14.4 Å². The van der Waals surface area contributed by atoms with E-state index in [-0.39, 0.29) is 37.2 Å². The van der Waals surface area contributed by atoms with E-state index in [4.69, 9.17) is 4.42 Å². The van der Waals surface area contributed by atoms with Crippen LogP contribution in [0.2, 0.25) is 0 Å². The van der Waals surface area contributed by atoms with Crippen LogP contribution < -0.4 is 5.32 Å². The molecule has 0 bridgehead atoms. The van der Waals surface area contributed by atoms with E-state index < -0.39 is 0 Å². The molecular formula is C14H20N2O5. The van der Waals surface area contributed by atoms with Gasteiger partial charge in [0.1, 0.15) is 6.26 Å². The van der Waals surface area contributed by atoms with Gasteiger partial charge in [0.2, 0.25) is 5.91 Å². The Labute approximate surface area is 123 Å². The molecule has 0 saturated heterocycles. The topological polar surface area (TPSA) is 88.9 Å². The molecule has 0 aliphatic carbocycles. The summed E-state index contributed by atoms with van der Waals surface area (Å²) in [7, 11) is 1.31. The SMILES string of the molecule is CCN(CCC(=O)OC)C(=O)CCNC(=O)c1ccoc1. The highest BCUT2D eigenvalue weighted by atomic mass is 16.5. The van der Waals surface area contributed by atoms with Gasteiger partial charge in [-0.1, -0.05) is 0 Å². The second kappa shape index (κ2) is 8.78. The molecule has 21 heavy (non-hydrogen) atoms. The van der Waals surface area contributed by atoms with Gasteiger partial charge in [-0.2, -0.15) is 0 Å². The molecule has 1 heterocycles. The summed E-state index contributed by atoms with van der Waals surface area (Å²) >= 11 is 0. The number of esters is 1. The molecule has 0 unspecified atom stereocenters.